The minimum Gasteiger partial charge on any atom is -0.368 e. The van der Waals surface area contributed by atoms with Gasteiger partial charge in [-0.3, -0.25) is 9.69 Å². The first-order valence-corrected chi connectivity index (χ1v) is 5.14. The van der Waals surface area contributed by atoms with Gasteiger partial charge in [-0.25, -0.2) is 0 Å². The number of hydrogen-bond acceptors (Lipinski definition) is 3. The molecule has 0 bridgehead atoms. The van der Waals surface area contributed by atoms with Gasteiger partial charge in [0, 0.05) is 6.42 Å². The molecule has 0 aliphatic carbocycles. The van der Waals surface area contributed by atoms with Crippen LogP contribution >= 0.6 is 0 Å². The van der Waals surface area contributed by atoms with E-state index in [0.29, 0.717) is 6.42 Å². The smallest absolute Gasteiger partial charge is 0.234 e. The molecule has 0 unspecified atom stereocenters. The molecule has 0 saturated carbocycles. The molecule has 1 fully saturated rings. The Morgan fingerprint density at radius 2 is 2.21 bits per heavy atom. The molecule has 1 atom stereocenters. The second-order valence-electron chi connectivity index (χ2n) is 3.90. The van der Waals surface area contributed by atoms with Crippen LogP contribution < -0.4 is 5.73 Å². The first-order valence-electron chi connectivity index (χ1n) is 5.14. The minimum atomic E-state index is -0.231. The molecule has 2 N–H and O–H groups in total. The summed E-state index contributed by atoms with van der Waals surface area (Å²) in [6.07, 6.45) is 3.34. The monoisotopic (exact) mass is 198 g/mol. The van der Waals surface area contributed by atoms with Crippen LogP contribution in [-0.2, 0) is 9.59 Å². The van der Waals surface area contributed by atoms with Crippen molar-refractivity contribution in [1.82, 2.24) is 4.90 Å². The van der Waals surface area contributed by atoms with Gasteiger partial charge in [-0.15, -0.1) is 0 Å². The Morgan fingerprint density at radius 1 is 1.50 bits per heavy atom. The molecule has 1 rings (SSSR count). The zero-order valence-electron chi connectivity index (χ0n) is 8.66. The van der Waals surface area contributed by atoms with Crippen molar-refractivity contribution in [3.63, 3.8) is 0 Å². The number of rotatable bonds is 5. The van der Waals surface area contributed by atoms with Crippen LogP contribution in [0.15, 0.2) is 0 Å². The van der Waals surface area contributed by atoms with Gasteiger partial charge >= 0.3 is 0 Å². The van der Waals surface area contributed by atoms with E-state index in [1.807, 2.05) is 0 Å². The Balaban J connectivity index is 2.29. The number of amides is 1. The minimum absolute atomic E-state index is 0.0954. The van der Waals surface area contributed by atoms with Gasteiger partial charge in [-0.1, -0.05) is 0 Å². The lowest BCUT2D eigenvalue weighted by Crippen LogP contribution is -2.40. The molecular formula is C10H18N2O2. The highest BCUT2D eigenvalue weighted by Gasteiger charge is 2.28. The highest BCUT2D eigenvalue weighted by Crippen LogP contribution is 2.17. The predicted molar refractivity (Wildman–Crippen MR) is 53.7 cm³/mol. The number of nitrogens with two attached hydrogens (primary N) is 1. The van der Waals surface area contributed by atoms with Crippen molar-refractivity contribution < 1.29 is 9.59 Å². The number of nitrogens with zero attached hydrogens (tertiary/aromatic N) is 1. The van der Waals surface area contributed by atoms with Crippen LogP contribution in [0.5, 0.6) is 0 Å². The van der Waals surface area contributed by atoms with Crippen molar-refractivity contribution in [1.29, 1.82) is 0 Å². The van der Waals surface area contributed by atoms with Crippen LogP contribution in [0.25, 0.3) is 0 Å². The molecule has 0 aromatic rings. The van der Waals surface area contributed by atoms with Crippen LogP contribution in [-0.4, -0.2) is 35.7 Å². The van der Waals surface area contributed by atoms with Crippen molar-refractivity contribution >= 4 is 11.7 Å². The standard InChI is InChI=1S/C10H18N2O2/c1-8(13)4-2-6-12-7-3-5-9(12)10(11)14/h9H,2-7H2,1H3,(H2,11,14)/t9-/m1/s1. The predicted octanol–water partition coefficient (Wildman–Crippen LogP) is 0.305. The van der Waals surface area contributed by atoms with Crippen LogP contribution in [0.4, 0.5) is 0 Å². The molecular weight excluding hydrogens is 180 g/mol. The molecule has 1 aliphatic rings. The summed E-state index contributed by atoms with van der Waals surface area (Å²) >= 11 is 0. The van der Waals surface area contributed by atoms with Crippen LogP contribution in [0, 0.1) is 0 Å². The molecule has 1 heterocycles. The third-order valence-electron chi connectivity index (χ3n) is 2.67. The molecule has 4 nitrogen and oxygen atoms in total. The zero-order valence-corrected chi connectivity index (χ0v) is 8.66. The fourth-order valence-corrected chi connectivity index (χ4v) is 1.95. The third-order valence-corrected chi connectivity index (χ3v) is 2.67. The van der Waals surface area contributed by atoms with Gasteiger partial charge in [-0.05, 0) is 39.3 Å². The van der Waals surface area contributed by atoms with Gasteiger partial charge in [-0.2, -0.15) is 0 Å². The molecule has 1 saturated heterocycles. The first-order chi connectivity index (χ1) is 6.61. The van der Waals surface area contributed by atoms with E-state index in [1.54, 1.807) is 6.92 Å². The van der Waals surface area contributed by atoms with Gasteiger partial charge in [0.15, 0.2) is 0 Å². The SMILES string of the molecule is CC(=O)CCCN1CCC[C@@H]1C(N)=O. The lowest BCUT2D eigenvalue weighted by molar-refractivity contribution is -0.122. The zero-order chi connectivity index (χ0) is 10.6. The summed E-state index contributed by atoms with van der Waals surface area (Å²) < 4.78 is 0. The van der Waals surface area contributed by atoms with Crippen LogP contribution in [0.1, 0.15) is 32.6 Å². The van der Waals surface area contributed by atoms with Crippen molar-refractivity contribution in [2.45, 2.75) is 38.6 Å². The second-order valence-corrected chi connectivity index (χ2v) is 3.90. The summed E-state index contributed by atoms with van der Waals surface area (Å²) in [5, 5.41) is 0. The number of Topliss-reactive ketones (excluding diaryl/α,β-unsaturated/α-hetero) is 1. The summed E-state index contributed by atoms with van der Waals surface area (Å²) in [5.74, 6) is -0.0230. The average molecular weight is 198 g/mol. The Bertz CT molecular complexity index is 228. The summed E-state index contributed by atoms with van der Waals surface area (Å²) in [7, 11) is 0. The second kappa shape index (κ2) is 5.10. The molecule has 4 heteroatoms. The van der Waals surface area contributed by atoms with Crippen molar-refractivity contribution in [3.05, 3.63) is 0 Å². The van der Waals surface area contributed by atoms with E-state index in [4.69, 9.17) is 5.73 Å². The van der Waals surface area contributed by atoms with Gasteiger partial charge in [0.2, 0.25) is 5.91 Å². The van der Waals surface area contributed by atoms with E-state index in [9.17, 15) is 9.59 Å². The van der Waals surface area contributed by atoms with Gasteiger partial charge in [0.05, 0.1) is 6.04 Å². The number of primary amides is 1. The van der Waals surface area contributed by atoms with Gasteiger partial charge in [0.25, 0.3) is 0 Å². The van der Waals surface area contributed by atoms with Crippen LogP contribution in [0.3, 0.4) is 0 Å². The molecule has 0 radical (unpaired) electrons. The van der Waals surface area contributed by atoms with E-state index in [1.165, 1.54) is 0 Å². The van der Waals surface area contributed by atoms with Crippen molar-refractivity contribution in [2.75, 3.05) is 13.1 Å². The summed E-state index contributed by atoms with van der Waals surface area (Å²) in [5.41, 5.74) is 5.27. The van der Waals surface area contributed by atoms with Crippen LogP contribution in [0.2, 0.25) is 0 Å². The third kappa shape index (κ3) is 3.10. The highest BCUT2D eigenvalue weighted by atomic mass is 16.1. The fourth-order valence-electron chi connectivity index (χ4n) is 1.95. The largest absolute Gasteiger partial charge is 0.368 e. The highest BCUT2D eigenvalue weighted by molar-refractivity contribution is 5.80. The number of ketones is 1. The maximum atomic E-state index is 11.0. The molecule has 80 valence electrons. The van der Waals surface area contributed by atoms with Gasteiger partial charge in [0.1, 0.15) is 5.78 Å². The van der Waals surface area contributed by atoms with E-state index in [0.717, 1.165) is 32.4 Å². The number of likely N-dealkylation sites (tertiary alicyclic amines) is 1. The average Bonchev–Trinajstić information content (AvgIpc) is 2.51. The van der Waals surface area contributed by atoms with E-state index >= 15 is 0 Å². The lowest BCUT2D eigenvalue weighted by atomic mass is 10.2. The normalized spacial score (nSPS) is 22.5. The van der Waals surface area contributed by atoms with Gasteiger partial charge < -0.3 is 10.5 Å². The van der Waals surface area contributed by atoms with E-state index in [2.05, 4.69) is 4.90 Å². The van der Waals surface area contributed by atoms with Crippen molar-refractivity contribution in [2.24, 2.45) is 5.73 Å². The lowest BCUT2D eigenvalue weighted by Gasteiger charge is -2.21. The molecule has 1 amide bonds. The molecule has 1 aliphatic heterocycles. The molecule has 0 spiro atoms. The summed E-state index contributed by atoms with van der Waals surface area (Å²) in [6, 6.07) is -0.0954. The molecule has 0 aromatic carbocycles. The number of carbonyl (C=O) groups is 2. The first kappa shape index (κ1) is 11.2. The Kier molecular flexibility index (Phi) is 4.07. The number of hydrogen-bond donors (Lipinski definition) is 1. The Labute approximate surface area is 84.4 Å². The van der Waals surface area contributed by atoms with E-state index < -0.39 is 0 Å². The maximum absolute atomic E-state index is 11.0. The topological polar surface area (TPSA) is 63.4 Å². The van der Waals surface area contributed by atoms with E-state index in [-0.39, 0.29) is 17.7 Å². The molecule has 14 heavy (non-hydrogen) atoms. The number of carbonyl (C=O) groups excluding carboxylic acids is 2. The summed E-state index contributed by atoms with van der Waals surface area (Å²) in [4.78, 5) is 23.8. The van der Waals surface area contributed by atoms with Crippen molar-refractivity contribution in [3.8, 4) is 0 Å². The molecule has 0 aromatic heterocycles. The Morgan fingerprint density at radius 3 is 2.79 bits per heavy atom. The summed E-state index contributed by atoms with van der Waals surface area (Å²) in [6.45, 7) is 3.34. The Hall–Kier alpha value is -0.900. The fraction of sp³-hybridized carbons (Fsp3) is 0.800. The maximum Gasteiger partial charge on any atom is 0.234 e. The quantitative estimate of drug-likeness (QED) is 0.691.